The standard InChI is InChI=1S/C11H15N3O/c1-8-6-9(4-5-10(8)15-3)11(2,7-12)14-13/h4-6,14H,13H2,1-3H3. The summed E-state index contributed by atoms with van der Waals surface area (Å²) in [5, 5.41) is 9.03. The molecular weight excluding hydrogens is 190 g/mol. The normalized spacial score (nSPS) is 14.1. The number of aryl methyl sites for hydroxylation is 1. The van der Waals surface area contributed by atoms with Crippen molar-refractivity contribution >= 4 is 0 Å². The van der Waals surface area contributed by atoms with Crippen molar-refractivity contribution in [3.63, 3.8) is 0 Å². The highest BCUT2D eigenvalue weighted by molar-refractivity contribution is 5.41. The van der Waals surface area contributed by atoms with Crippen LogP contribution in [0.1, 0.15) is 18.1 Å². The maximum atomic E-state index is 9.03. The van der Waals surface area contributed by atoms with Gasteiger partial charge in [-0.25, -0.2) is 5.43 Å². The molecule has 0 radical (unpaired) electrons. The zero-order valence-electron chi connectivity index (χ0n) is 9.16. The van der Waals surface area contributed by atoms with Gasteiger partial charge in [-0.3, -0.25) is 5.84 Å². The van der Waals surface area contributed by atoms with Crippen LogP contribution in [0.15, 0.2) is 18.2 Å². The highest BCUT2D eigenvalue weighted by Crippen LogP contribution is 2.25. The molecule has 0 fully saturated rings. The maximum Gasteiger partial charge on any atom is 0.141 e. The van der Waals surface area contributed by atoms with Crippen LogP contribution < -0.4 is 16.0 Å². The van der Waals surface area contributed by atoms with Gasteiger partial charge in [-0.2, -0.15) is 5.26 Å². The summed E-state index contributed by atoms with van der Waals surface area (Å²) < 4.78 is 5.15. The second-order valence-electron chi connectivity index (χ2n) is 3.57. The molecule has 4 heteroatoms. The van der Waals surface area contributed by atoms with E-state index in [-0.39, 0.29) is 0 Å². The Morgan fingerprint density at radius 2 is 2.20 bits per heavy atom. The van der Waals surface area contributed by atoms with E-state index in [2.05, 4.69) is 11.5 Å². The molecule has 80 valence electrons. The molecule has 0 aliphatic carbocycles. The average Bonchev–Trinajstić information content (AvgIpc) is 2.28. The number of ether oxygens (including phenoxy) is 1. The first-order valence-electron chi connectivity index (χ1n) is 4.61. The summed E-state index contributed by atoms with van der Waals surface area (Å²) in [7, 11) is 1.62. The Hall–Kier alpha value is -1.57. The van der Waals surface area contributed by atoms with E-state index in [0.29, 0.717) is 0 Å². The minimum absolute atomic E-state index is 0.802. The molecule has 15 heavy (non-hydrogen) atoms. The van der Waals surface area contributed by atoms with Crippen LogP contribution in [0.4, 0.5) is 0 Å². The van der Waals surface area contributed by atoms with E-state index >= 15 is 0 Å². The summed E-state index contributed by atoms with van der Waals surface area (Å²) in [5.41, 5.74) is 3.45. The van der Waals surface area contributed by atoms with Gasteiger partial charge in [-0.1, -0.05) is 6.07 Å². The number of rotatable bonds is 3. The van der Waals surface area contributed by atoms with Crippen molar-refractivity contribution in [2.75, 3.05) is 7.11 Å². The van der Waals surface area contributed by atoms with Crippen molar-refractivity contribution in [3.05, 3.63) is 29.3 Å². The lowest BCUT2D eigenvalue weighted by molar-refractivity contribution is 0.410. The van der Waals surface area contributed by atoms with Crippen molar-refractivity contribution in [2.24, 2.45) is 5.84 Å². The van der Waals surface area contributed by atoms with Crippen LogP contribution in [0.25, 0.3) is 0 Å². The predicted octanol–water partition coefficient (Wildman–Crippen LogP) is 1.21. The molecule has 0 aromatic heterocycles. The summed E-state index contributed by atoms with van der Waals surface area (Å²) in [4.78, 5) is 0. The molecular formula is C11H15N3O. The molecule has 1 aromatic carbocycles. The molecule has 0 bridgehead atoms. The Bertz CT molecular complexity index is 397. The van der Waals surface area contributed by atoms with Crippen LogP contribution in [-0.4, -0.2) is 7.11 Å². The van der Waals surface area contributed by atoms with Crippen molar-refractivity contribution in [3.8, 4) is 11.8 Å². The van der Waals surface area contributed by atoms with Crippen molar-refractivity contribution in [2.45, 2.75) is 19.4 Å². The second kappa shape index (κ2) is 4.30. The largest absolute Gasteiger partial charge is 0.496 e. The summed E-state index contributed by atoms with van der Waals surface area (Å²) in [6.07, 6.45) is 0. The Kier molecular flexibility index (Phi) is 3.30. The van der Waals surface area contributed by atoms with Gasteiger partial charge in [0.05, 0.1) is 13.2 Å². The minimum atomic E-state index is -0.864. The third kappa shape index (κ3) is 2.09. The fraction of sp³-hybridized carbons (Fsp3) is 0.364. The minimum Gasteiger partial charge on any atom is -0.496 e. The molecule has 0 aliphatic heterocycles. The number of hydrazine groups is 1. The van der Waals surface area contributed by atoms with E-state index in [0.717, 1.165) is 16.9 Å². The Labute approximate surface area is 89.6 Å². The summed E-state index contributed by atoms with van der Waals surface area (Å²) in [5.74, 6) is 6.17. The van der Waals surface area contributed by atoms with Crippen LogP contribution in [0.3, 0.4) is 0 Å². The SMILES string of the molecule is COc1ccc(C(C)(C#N)NN)cc1C. The number of nitrogens with zero attached hydrogens (tertiary/aromatic N) is 1. The van der Waals surface area contributed by atoms with E-state index in [1.54, 1.807) is 14.0 Å². The molecule has 1 unspecified atom stereocenters. The van der Waals surface area contributed by atoms with Crippen LogP contribution in [-0.2, 0) is 5.54 Å². The molecule has 1 aromatic rings. The highest BCUT2D eigenvalue weighted by atomic mass is 16.5. The molecule has 0 saturated heterocycles. The van der Waals surface area contributed by atoms with Crippen LogP contribution in [0.5, 0.6) is 5.75 Å². The number of nitrogens with one attached hydrogen (secondary N) is 1. The zero-order chi connectivity index (χ0) is 11.5. The van der Waals surface area contributed by atoms with E-state index in [1.165, 1.54) is 0 Å². The van der Waals surface area contributed by atoms with Crippen molar-refractivity contribution in [1.29, 1.82) is 5.26 Å². The third-order valence-electron chi connectivity index (χ3n) is 2.48. The molecule has 0 spiro atoms. The van der Waals surface area contributed by atoms with Crippen LogP contribution >= 0.6 is 0 Å². The van der Waals surface area contributed by atoms with Gasteiger partial charge in [0.1, 0.15) is 11.3 Å². The van der Waals surface area contributed by atoms with Crippen molar-refractivity contribution < 1.29 is 4.74 Å². The van der Waals surface area contributed by atoms with Crippen LogP contribution in [0, 0.1) is 18.3 Å². The lowest BCUT2D eigenvalue weighted by Gasteiger charge is -2.21. The van der Waals surface area contributed by atoms with E-state index in [9.17, 15) is 0 Å². The number of nitrogens with two attached hydrogens (primary N) is 1. The fourth-order valence-electron chi connectivity index (χ4n) is 1.37. The fourth-order valence-corrected chi connectivity index (χ4v) is 1.37. The number of hydrogen-bond donors (Lipinski definition) is 2. The molecule has 0 saturated carbocycles. The zero-order valence-corrected chi connectivity index (χ0v) is 9.16. The first-order valence-corrected chi connectivity index (χ1v) is 4.61. The van der Waals surface area contributed by atoms with Gasteiger partial charge >= 0.3 is 0 Å². The van der Waals surface area contributed by atoms with Crippen LogP contribution in [0.2, 0.25) is 0 Å². The summed E-state index contributed by atoms with van der Waals surface area (Å²) >= 11 is 0. The van der Waals surface area contributed by atoms with Gasteiger partial charge in [0.25, 0.3) is 0 Å². The van der Waals surface area contributed by atoms with Gasteiger partial charge in [-0.15, -0.1) is 0 Å². The first kappa shape index (κ1) is 11.5. The van der Waals surface area contributed by atoms with E-state index < -0.39 is 5.54 Å². The molecule has 1 atom stereocenters. The summed E-state index contributed by atoms with van der Waals surface area (Å²) in [6, 6.07) is 7.68. The van der Waals surface area contributed by atoms with E-state index in [4.69, 9.17) is 15.8 Å². The van der Waals surface area contributed by atoms with Gasteiger partial charge in [0.15, 0.2) is 0 Å². The third-order valence-corrected chi connectivity index (χ3v) is 2.48. The average molecular weight is 205 g/mol. The number of benzene rings is 1. The lowest BCUT2D eigenvalue weighted by Crippen LogP contribution is -2.43. The van der Waals surface area contributed by atoms with E-state index in [1.807, 2.05) is 25.1 Å². The number of methoxy groups -OCH3 is 1. The Balaban J connectivity index is 3.18. The Morgan fingerprint density at radius 1 is 1.53 bits per heavy atom. The second-order valence-corrected chi connectivity index (χ2v) is 3.57. The molecule has 4 nitrogen and oxygen atoms in total. The first-order chi connectivity index (χ1) is 7.07. The van der Waals surface area contributed by atoms with Gasteiger partial charge in [0, 0.05) is 0 Å². The number of nitriles is 1. The molecule has 0 heterocycles. The lowest BCUT2D eigenvalue weighted by atomic mass is 9.93. The monoisotopic (exact) mass is 205 g/mol. The predicted molar refractivity (Wildman–Crippen MR) is 58.0 cm³/mol. The Morgan fingerprint density at radius 3 is 2.60 bits per heavy atom. The highest BCUT2D eigenvalue weighted by Gasteiger charge is 2.24. The number of hydrogen-bond acceptors (Lipinski definition) is 4. The quantitative estimate of drug-likeness (QED) is 0.574. The summed E-state index contributed by atoms with van der Waals surface area (Å²) in [6.45, 7) is 3.66. The van der Waals surface area contributed by atoms with Gasteiger partial charge in [-0.05, 0) is 37.1 Å². The smallest absolute Gasteiger partial charge is 0.141 e. The molecule has 3 N–H and O–H groups in total. The van der Waals surface area contributed by atoms with Gasteiger partial charge in [0.2, 0.25) is 0 Å². The molecule has 1 rings (SSSR count). The maximum absolute atomic E-state index is 9.03. The van der Waals surface area contributed by atoms with Gasteiger partial charge < -0.3 is 4.74 Å². The molecule has 0 aliphatic rings. The van der Waals surface area contributed by atoms with Crippen molar-refractivity contribution in [1.82, 2.24) is 5.43 Å². The molecule has 0 amide bonds. The topological polar surface area (TPSA) is 71.1 Å².